The minimum Gasteiger partial charge on any atom is -0.288 e. The van der Waals surface area contributed by atoms with Crippen LogP contribution in [0.5, 0.6) is 0 Å². The molecule has 2 aliphatic rings. The standard InChI is InChI=1S/C17H11NO/c1-2-7-17-9-12-5-3-4-6-14(12)15(17)8-16(19)13(10-17)11-18/h3-6,8,10H,9H2,1H3. The van der Waals surface area contributed by atoms with Crippen LogP contribution in [0.1, 0.15) is 18.1 Å². The molecule has 90 valence electrons. The quantitative estimate of drug-likeness (QED) is 0.659. The molecule has 2 heteroatoms. The van der Waals surface area contributed by atoms with Crippen LogP contribution in [0.3, 0.4) is 0 Å². The first kappa shape index (κ1) is 11.5. The number of rotatable bonds is 0. The Morgan fingerprint density at radius 3 is 2.84 bits per heavy atom. The van der Waals surface area contributed by atoms with Crippen molar-refractivity contribution in [3.63, 3.8) is 0 Å². The summed E-state index contributed by atoms with van der Waals surface area (Å²) in [6, 6.07) is 9.99. The van der Waals surface area contributed by atoms with Gasteiger partial charge in [-0.25, -0.2) is 0 Å². The van der Waals surface area contributed by atoms with Crippen LogP contribution in [-0.4, -0.2) is 5.78 Å². The maximum absolute atomic E-state index is 11.9. The van der Waals surface area contributed by atoms with Gasteiger partial charge in [-0.05, 0) is 42.2 Å². The molecule has 0 fully saturated rings. The third kappa shape index (κ3) is 1.54. The van der Waals surface area contributed by atoms with E-state index in [9.17, 15) is 4.79 Å². The van der Waals surface area contributed by atoms with Gasteiger partial charge in [0.2, 0.25) is 0 Å². The highest BCUT2D eigenvalue weighted by molar-refractivity contribution is 6.14. The molecule has 0 aromatic heterocycles. The van der Waals surface area contributed by atoms with E-state index in [0.29, 0.717) is 0 Å². The molecule has 1 aromatic rings. The summed E-state index contributed by atoms with van der Waals surface area (Å²) in [5.74, 6) is 5.91. The Hall–Kier alpha value is -2.58. The highest BCUT2D eigenvalue weighted by atomic mass is 16.1. The molecule has 0 aliphatic heterocycles. The van der Waals surface area contributed by atoms with Gasteiger partial charge in [0.1, 0.15) is 6.07 Å². The van der Waals surface area contributed by atoms with Crippen molar-refractivity contribution >= 4 is 11.4 Å². The molecular formula is C17H11NO. The second-order valence-electron chi connectivity index (χ2n) is 4.77. The lowest BCUT2D eigenvalue weighted by Gasteiger charge is -2.24. The topological polar surface area (TPSA) is 40.9 Å². The van der Waals surface area contributed by atoms with E-state index in [-0.39, 0.29) is 11.4 Å². The third-order valence-electron chi connectivity index (χ3n) is 3.66. The van der Waals surface area contributed by atoms with Crippen LogP contribution in [0, 0.1) is 28.6 Å². The predicted octanol–water partition coefficient (Wildman–Crippen LogP) is 2.67. The van der Waals surface area contributed by atoms with Crippen molar-refractivity contribution in [3.8, 4) is 17.9 Å². The first-order valence-electron chi connectivity index (χ1n) is 6.12. The number of nitriles is 1. The molecule has 1 unspecified atom stereocenters. The lowest BCUT2D eigenvalue weighted by Crippen LogP contribution is -2.21. The third-order valence-corrected chi connectivity index (χ3v) is 3.66. The highest BCUT2D eigenvalue weighted by Gasteiger charge is 2.42. The molecule has 1 aromatic carbocycles. The average molecular weight is 245 g/mol. The summed E-state index contributed by atoms with van der Waals surface area (Å²) in [6.45, 7) is 1.78. The molecule has 0 bridgehead atoms. The molecule has 2 nitrogen and oxygen atoms in total. The van der Waals surface area contributed by atoms with Crippen molar-refractivity contribution in [2.45, 2.75) is 13.3 Å². The Morgan fingerprint density at radius 1 is 1.32 bits per heavy atom. The lowest BCUT2D eigenvalue weighted by molar-refractivity contribution is -0.111. The second-order valence-corrected chi connectivity index (χ2v) is 4.77. The zero-order valence-electron chi connectivity index (χ0n) is 10.5. The van der Waals surface area contributed by atoms with Gasteiger partial charge in [0.15, 0.2) is 5.78 Å². The largest absolute Gasteiger partial charge is 0.288 e. The second kappa shape index (κ2) is 3.97. The number of fused-ring (bicyclic) bond motifs is 3. The summed E-state index contributed by atoms with van der Waals surface area (Å²) in [7, 11) is 0. The Morgan fingerprint density at radius 2 is 2.11 bits per heavy atom. The smallest absolute Gasteiger partial charge is 0.196 e. The van der Waals surface area contributed by atoms with Crippen LogP contribution >= 0.6 is 0 Å². The number of benzene rings is 1. The van der Waals surface area contributed by atoms with E-state index in [1.165, 1.54) is 5.56 Å². The van der Waals surface area contributed by atoms with Crippen LogP contribution < -0.4 is 0 Å². The number of carbonyl (C=O) groups is 1. The highest BCUT2D eigenvalue weighted by Crippen LogP contribution is 2.49. The number of hydrogen-bond acceptors (Lipinski definition) is 2. The Balaban J connectivity index is 2.28. The summed E-state index contributed by atoms with van der Waals surface area (Å²) < 4.78 is 0. The fraction of sp³-hybridized carbons (Fsp3) is 0.176. The zero-order valence-corrected chi connectivity index (χ0v) is 10.5. The van der Waals surface area contributed by atoms with E-state index in [0.717, 1.165) is 17.6 Å². The molecule has 1 atom stereocenters. The van der Waals surface area contributed by atoms with Gasteiger partial charge in [-0.15, -0.1) is 5.92 Å². The number of nitrogens with zero attached hydrogens (tertiary/aromatic N) is 1. The number of carbonyl (C=O) groups excluding carboxylic acids is 1. The predicted molar refractivity (Wildman–Crippen MR) is 72.7 cm³/mol. The lowest BCUT2D eigenvalue weighted by atomic mass is 9.75. The minimum atomic E-state index is -0.503. The van der Waals surface area contributed by atoms with E-state index in [1.54, 1.807) is 19.1 Å². The molecule has 19 heavy (non-hydrogen) atoms. The normalized spacial score (nSPS) is 23.3. The summed E-state index contributed by atoms with van der Waals surface area (Å²) in [5, 5.41) is 9.06. The number of hydrogen-bond donors (Lipinski definition) is 0. The molecule has 0 amide bonds. The summed E-state index contributed by atoms with van der Waals surface area (Å²) in [5.41, 5.74) is 2.88. The van der Waals surface area contributed by atoms with E-state index >= 15 is 0 Å². The fourth-order valence-electron chi connectivity index (χ4n) is 2.89. The van der Waals surface area contributed by atoms with Crippen LogP contribution in [0.4, 0.5) is 0 Å². The first-order valence-corrected chi connectivity index (χ1v) is 6.12. The van der Waals surface area contributed by atoms with Crippen molar-refractivity contribution in [2.75, 3.05) is 0 Å². The Bertz CT molecular complexity index is 749. The monoisotopic (exact) mass is 245 g/mol. The maximum atomic E-state index is 11.9. The van der Waals surface area contributed by atoms with Crippen molar-refractivity contribution < 1.29 is 4.79 Å². The van der Waals surface area contributed by atoms with Crippen LogP contribution in [0.2, 0.25) is 0 Å². The van der Waals surface area contributed by atoms with Gasteiger partial charge in [-0.2, -0.15) is 5.26 Å². The van der Waals surface area contributed by atoms with Gasteiger partial charge < -0.3 is 0 Å². The van der Waals surface area contributed by atoms with Gasteiger partial charge in [0.25, 0.3) is 0 Å². The van der Waals surface area contributed by atoms with Gasteiger partial charge in [0, 0.05) is 0 Å². The van der Waals surface area contributed by atoms with Crippen molar-refractivity contribution in [3.05, 3.63) is 53.1 Å². The minimum absolute atomic E-state index is 0.194. The Labute approximate surface area is 112 Å². The van der Waals surface area contributed by atoms with E-state index in [1.807, 2.05) is 24.3 Å². The fourth-order valence-corrected chi connectivity index (χ4v) is 2.89. The SMILES string of the molecule is CC#CC12C=C(C#N)C(=O)C=C1c1ccccc1C2. The van der Waals surface area contributed by atoms with E-state index in [4.69, 9.17) is 5.26 Å². The summed E-state index contributed by atoms with van der Waals surface area (Å²) >= 11 is 0. The molecule has 0 heterocycles. The summed E-state index contributed by atoms with van der Waals surface area (Å²) in [6.07, 6.45) is 4.05. The van der Waals surface area contributed by atoms with Crippen molar-refractivity contribution in [2.24, 2.45) is 5.41 Å². The molecule has 0 radical (unpaired) electrons. The molecule has 3 rings (SSSR count). The van der Waals surface area contributed by atoms with E-state index in [2.05, 4.69) is 17.9 Å². The average Bonchev–Trinajstić information content (AvgIpc) is 2.72. The number of allylic oxidation sites excluding steroid dienone is 4. The molecule has 0 N–H and O–H groups in total. The van der Waals surface area contributed by atoms with Crippen LogP contribution in [0.25, 0.3) is 5.57 Å². The molecule has 0 spiro atoms. The Kier molecular flexibility index (Phi) is 2.40. The van der Waals surface area contributed by atoms with E-state index < -0.39 is 5.41 Å². The molecule has 0 saturated carbocycles. The van der Waals surface area contributed by atoms with Crippen LogP contribution in [-0.2, 0) is 11.2 Å². The number of ketones is 1. The van der Waals surface area contributed by atoms with Crippen LogP contribution in [0.15, 0.2) is 42.0 Å². The van der Waals surface area contributed by atoms with Gasteiger partial charge in [-0.1, -0.05) is 30.2 Å². The summed E-state index contributed by atoms with van der Waals surface area (Å²) in [4.78, 5) is 11.9. The first-order chi connectivity index (χ1) is 9.20. The van der Waals surface area contributed by atoms with Crippen molar-refractivity contribution in [1.82, 2.24) is 0 Å². The molecule has 2 aliphatic carbocycles. The molecule has 0 saturated heterocycles. The van der Waals surface area contributed by atoms with Gasteiger partial charge in [-0.3, -0.25) is 4.79 Å². The molecular weight excluding hydrogens is 234 g/mol. The van der Waals surface area contributed by atoms with Crippen molar-refractivity contribution in [1.29, 1.82) is 5.26 Å². The zero-order chi connectivity index (χ0) is 13.5. The maximum Gasteiger partial charge on any atom is 0.196 e. The van der Waals surface area contributed by atoms with Gasteiger partial charge >= 0.3 is 0 Å². The van der Waals surface area contributed by atoms with Gasteiger partial charge in [0.05, 0.1) is 11.0 Å².